The van der Waals surface area contributed by atoms with Crippen LogP contribution < -0.4 is 5.73 Å². The van der Waals surface area contributed by atoms with E-state index in [2.05, 4.69) is 0 Å². The predicted octanol–water partition coefficient (Wildman–Crippen LogP) is 1.93. The molecule has 1 atom stereocenters. The van der Waals surface area contributed by atoms with Gasteiger partial charge in [0.05, 0.1) is 10.6 Å². The standard InChI is InChI=1S/C13H20N2O3S/c1-2-10-5-3-4-8-15(10)19(17,18)11-6-7-13(16)12(14)9-11/h6-7,9-10,16H,2-5,8,14H2,1H3. The van der Waals surface area contributed by atoms with Crippen LogP contribution in [0.3, 0.4) is 0 Å². The molecule has 1 unspecified atom stereocenters. The zero-order valence-electron chi connectivity index (χ0n) is 11.0. The number of hydrogen-bond donors (Lipinski definition) is 2. The lowest BCUT2D eigenvalue weighted by Crippen LogP contribution is -2.43. The lowest BCUT2D eigenvalue weighted by molar-refractivity contribution is 0.246. The van der Waals surface area contributed by atoms with E-state index in [1.807, 2.05) is 6.92 Å². The van der Waals surface area contributed by atoms with Crippen LogP contribution in [0.15, 0.2) is 23.1 Å². The summed E-state index contributed by atoms with van der Waals surface area (Å²) < 4.78 is 26.8. The van der Waals surface area contributed by atoms with E-state index >= 15 is 0 Å². The van der Waals surface area contributed by atoms with Gasteiger partial charge in [-0.25, -0.2) is 8.42 Å². The van der Waals surface area contributed by atoms with Gasteiger partial charge in [0.1, 0.15) is 5.75 Å². The molecule has 1 aliphatic rings. The van der Waals surface area contributed by atoms with Gasteiger partial charge in [-0.05, 0) is 37.5 Å². The van der Waals surface area contributed by atoms with Crippen molar-refractivity contribution in [3.8, 4) is 5.75 Å². The summed E-state index contributed by atoms with van der Waals surface area (Å²) in [6.45, 7) is 2.56. The van der Waals surface area contributed by atoms with E-state index in [4.69, 9.17) is 5.73 Å². The highest BCUT2D eigenvalue weighted by Crippen LogP contribution is 2.30. The summed E-state index contributed by atoms with van der Waals surface area (Å²) in [5.41, 5.74) is 5.67. The smallest absolute Gasteiger partial charge is 0.243 e. The number of phenolic OH excluding ortho intramolecular Hbond substituents is 1. The van der Waals surface area contributed by atoms with Crippen molar-refractivity contribution in [2.75, 3.05) is 12.3 Å². The van der Waals surface area contributed by atoms with Gasteiger partial charge in [-0.2, -0.15) is 4.31 Å². The number of piperidine rings is 1. The summed E-state index contributed by atoms with van der Waals surface area (Å²) in [7, 11) is -3.52. The molecular formula is C13H20N2O3S. The normalized spacial score (nSPS) is 21.4. The highest BCUT2D eigenvalue weighted by Gasteiger charge is 2.32. The first kappa shape index (κ1) is 14.1. The molecule has 0 radical (unpaired) electrons. The van der Waals surface area contributed by atoms with Gasteiger partial charge in [0.15, 0.2) is 0 Å². The highest BCUT2D eigenvalue weighted by atomic mass is 32.2. The molecule has 5 nitrogen and oxygen atoms in total. The zero-order valence-corrected chi connectivity index (χ0v) is 11.9. The first-order valence-electron chi connectivity index (χ1n) is 6.57. The van der Waals surface area contributed by atoms with Crippen LogP contribution in [0.5, 0.6) is 5.75 Å². The fraction of sp³-hybridized carbons (Fsp3) is 0.538. The van der Waals surface area contributed by atoms with Crippen LogP contribution in [0.1, 0.15) is 32.6 Å². The Morgan fingerprint density at radius 2 is 2.16 bits per heavy atom. The molecule has 106 valence electrons. The van der Waals surface area contributed by atoms with Gasteiger partial charge in [-0.1, -0.05) is 13.3 Å². The molecule has 0 aromatic heterocycles. The van der Waals surface area contributed by atoms with Crippen LogP contribution in [0.25, 0.3) is 0 Å². The van der Waals surface area contributed by atoms with E-state index in [-0.39, 0.29) is 22.4 Å². The van der Waals surface area contributed by atoms with Crippen LogP contribution in [-0.2, 0) is 10.0 Å². The summed E-state index contributed by atoms with van der Waals surface area (Å²) in [6.07, 6.45) is 3.68. The maximum atomic E-state index is 12.6. The Balaban J connectivity index is 2.37. The molecule has 0 amide bonds. The maximum Gasteiger partial charge on any atom is 0.243 e. The molecule has 1 saturated heterocycles. The summed E-state index contributed by atoms with van der Waals surface area (Å²) in [6, 6.07) is 4.12. The second-order valence-corrected chi connectivity index (χ2v) is 6.78. The van der Waals surface area contributed by atoms with Crippen molar-refractivity contribution >= 4 is 15.7 Å². The Bertz CT molecular complexity index is 557. The summed E-state index contributed by atoms with van der Waals surface area (Å²) in [4.78, 5) is 0.156. The van der Waals surface area contributed by atoms with Crippen LogP contribution in [0.2, 0.25) is 0 Å². The zero-order chi connectivity index (χ0) is 14.0. The van der Waals surface area contributed by atoms with E-state index in [1.165, 1.54) is 18.2 Å². The lowest BCUT2D eigenvalue weighted by Gasteiger charge is -2.34. The number of benzene rings is 1. The number of aromatic hydroxyl groups is 1. The van der Waals surface area contributed by atoms with Crippen molar-refractivity contribution in [1.29, 1.82) is 0 Å². The van der Waals surface area contributed by atoms with Gasteiger partial charge >= 0.3 is 0 Å². The molecule has 3 N–H and O–H groups in total. The Labute approximate surface area is 114 Å². The Kier molecular flexibility index (Phi) is 4.01. The highest BCUT2D eigenvalue weighted by molar-refractivity contribution is 7.89. The third-order valence-electron chi connectivity index (χ3n) is 3.65. The van der Waals surface area contributed by atoms with Crippen molar-refractivity contribution in [2.45, 2.75) is 43.5 Å². The largest absolute Gasteiger partial charge is 0.506 e. The number of nitrogen functional groups attached to an aromatic ring is 1. The molecule has 19 heavy (non-hydrogen) atoms. The molecule has 1 aromatic rings. The quantitative estimate of drug-likeness (QED) is 0.656. The van der Waals surface area contributed by atoms with Gasteiger partial charge in [0.2, 0.25) is 10.0 Å². The number of hydrogen-bond acceptors (Lipinski definition) is 4. The fourth-order valence-corrected chi connectivity index (χ4v) is 4.33. The number of nitrogens with two attached hydrogens (primary N) is 1. The Hall–Kier alpha value is -1.27. The first-order chi connectivity index (χ1) is 8.96. The van der Waals surface area contributed by atoms with E-state index in [0.29, 0.717) is 6.54 Å². The molecule has 1 aromatic carbocycles. The molecule has 6 heteroatoms. The van der Waals surface area contributed by atoms with Crippen molar-refractivity contribution in [3.05, 3.63) is 18.2 Å². The van der Waals surface area contributed by atoms with Gasteiger partial charge < -0.3 is 10.8 Å². The molecule has 0 bridgehead atoms. The van der Waals surface area contributed by atoms with Crippen molar-refractivity contribution < 1.29 is 13.5 Å². The lowest BCUT2D eigenvalue weighted by atomic mass is 10.0. The number of phenols is 1. The second kappa shape index (κ2) is 5.38. The van der Waals surface area contributed by atoms with Gasteiger partial charge in [-0.3, -0.25) is 0 Å². The molecule has 1 heterocycles. The van der Waals surface area contributed by atoms with E-state index < -0.39 is 10.0 Å². The van der Waals surface area contributed by atoms with Crippen molar-refractivity contribution in [1.82, 2.24) is 4.31 Å². The molecule has 0 saturated carbocycles. The topological polar surface area (TPSA) is 83.6 Å². The SMILES string of the molecule is CCC1CCCCN1S(=O)(=O)c1ccc(O)c(N)c1. The van der Waals surface area contributed by atoms with E-state index in [1.54, 1.807) is 4.31 Å². The third-order valence-corrected chi connectivity index (χ3v) is 5.60. The Morgan fingerprint density at radius 1 is 1.42 bits per heavy atom. The molecular weight excluding hydrogens is 264 g/mol. The number of nitrogens with zero attached hydrogens (tertiary/aromatic N) is 1. The van der Waals surface area contributed by atoms with Gasteiger partial charge in [-0.15, -0.1) is 0 Å². The molecule has 0 spiro atoms. The molecule has 0 aliphatic carbocycles. The van der Waals surface area contributed by atoms with Crippen LogP contribution in [-0.4, -0.2) is 30.4 Å². The van der Waals surface area contributed by atoms with Gasteiger partial charge in [0.25, 0.3) is 0 Å². The number of sulfonamides is 1. The van der Waals surface area contributed by atoms with E-state index in [0.717, 1.165) is 25.7 Å². The predicted molar refractivity (Wildman–Crippen MR) is 74.3 cm³/mol. The van der Waals surface area contributed by atoms with Crippen LogP contribution >= 0.6 is 0 Å². The summed E-state index contributed by atoms with van der Waals surface area (Å²) in [5, 5.41) is 9.38. The van der Waals surface area contributed by atoms with Crippen molar-refractivity contribution in [2.24, 2.45) is 0 Å². The minimum atomic E-state index is -3.52. The third kappa shape index (κ3) is 2.69. The second-order valence-electron chi connectivity index (χ2n) is 4.89. The molecule has 1 fully saturated rings. The molecule has 1 aliphatic heterocycles. The summed E-state index contributed by atoms with van der Waals surface area (Å²) in [5.74, 6) is -0.0929. The maximum absolute atomic E-state index is 12.6. The summed E-state index contributed by atoms with van der Waals surface area (Å²) >= 11 is 0. The first-order valence-corrected chi connectivity index (χ1v) is 8.01. The van der Waals surface area contributed by atoms with Crippen molar-refractivity contribution in [3.63, 3.8) is 0 Å². The molecule has 2 rings (SSSR count). The number of rotatable bonds is 3. The average molecular weight is 284 g/mol. The van der Waals surface area contributed by atoms with Crippen LogP contribution in [0, 0.1) is 0 Å². The monoisotopic (exact) mass is 284 g/mol. The van der Waals surface area contributed by atoms with Crippen LogP contribution in [0.4, 0.5) is 5.69 Å². The average Bonchev–Trinajstić information content (AvgIpc) is 2.41. The van der Waals surface area contributed by atoms with E-state index in [9.17, 15) is 13.5 Å². The van der Waals surface area contributed by atoms with Gasteiger partial charge in [0, 0.05) is 12.6 Å². The minimum Gasteiger partial charge on any atom is -0.506 e. The minimum absolute atomic E-state index is 0.0637. The number of anilines is 1. The fourth-order valence-electron chi connectivity index (χ4n) is 2.53. The Morgan fingerprint density at radius 3 is 2.79 bits per heavy atom.